The Morgan fingerprint density at radius 2 is 1.27 bits per heavy atom. The molecule has 0 aliphatic heterocycles. The molecule has 0 unspecified atom stereocenters. The fraction of sp³-hybridized carbons (Fsp3) is 0.176. The lowest BCUT2D eigenvalue weighted by Crippen LogP contribution is -1.94. The highest BCUT2D eigenvalue weighted by Gasteiger charge is 2.25. The summed E-state index contributed by atoms with van der Waals surface area (Å²) in [5.41, 5.74) is 16.7. The largest absolute Gasteiger partial charge is 0.358 e. The smallest absolute Gasteiger partial charge is 0.0486 e. The molecule has 0 amide bonds. The molecule has 2 heterocycles. The molecule has 2 nitrogen and oxygen atoms in total. The lowest BCUT2D eigenvalue weighted by molar-refractivity contribution is 0.894. The minimum Gasteiger partial charge on any atom is -0.358 e. The number of aryl methyl sites for hydroxylation is 3. The molecule has 0 saturated carbocycles. The van der Waals surface area contributed by atoms with Crippen LogP contribution in [-0.2, 0) is 19.9 Å². The summed E-state index contributed by atoms with van der Waals surface area (Å²) in [5.74, 6) is 0. The molecule has 0 bridgehead atoms. The molecular formula is C34H31IN2. The number of rotatable bonds is 0. The predicted molar refractivity (Wildman–Crippen MR) is 167 cm³/mol. The Labute approximate surface area is 232 Å². The molecule has 0 saturated heterocycles. The molecule has 184 valence electrons. The predicted octanol–water partition coefficient (Wildman–Crippen LogP) is 9.16. The van der Waals surface area contributed by atoms with Crippen LogP contribution in [0.3, 0.4) is 0 Å². The van der Waals surface area contributed by atoms with Crippen LogP contribution in [0.15, 0.2) is 84.9 Å². The fourth-order valence-electron chi connectivity index (χ4n) is 6.13. The number of aromatic amines is 1. The minimum absolute atomic E-state index is 1.04. The Bertz CT molecular complexity index is 1780. The quantitative estimate of drug-likeness (QED) is 0.134. The molecule has 3 heteroatoms. The van der Waals surface area contributed by atoms with Crippen LogP contribution in [0, 0.1) is 13.8 Å². The molecule has 0 spiro atoms. The summed E-state index contributed by atoms with van der Waals surface area (Å²) in [6.07, 6.45) is 2.11. The highest BCUT2D eigenvalue weighted by Crippen LogP contribution is 2.43. The summed E-state index contributed by atoms with van der Waals surface area (Å²) in [4.78, 5) is 5.52. The Morgan fingerprint density at radius 3 is 2.00 bits per heavy atom. The Hall–Kier alpha value is -3.31. The number of fused-ring (bicyclic) bond motifs is 10. The molecule has 0 atom stereocenters. The SMILES string of the molecule is CI.Cc1ccc2[nH]c3c(c2c1)-c1ccccc1C3.Cc1ccc2c(c1)c1c(n2C)Cc2ccccc2-1. The molecule has 2 aliphatic carbocycles. The van der Waals surface area contributed by atoms with E-state index in [1.807, 2.05) is 4.93 Å². The van der Waals surface area contributed by atoms with Gasteiger partial charge in [-0.15, -0.1) is 0 Å². The summed E-state index contributed by atoms with van der Waals surface area (Å²) in [6.45, 7) is 4.32. The number of aromatic nitrogens is 2. The monoisotopic (exact) mass is 594 g/mol. The van der Waals surface area contributed by atoms with Gasteiger partial charge in [0, 0.05) is 64.2 Å². The maximum absolute atomic E-state index is 3.55. The van der Waals surface area contributed by atoms with Crippen molar-refractivity contribution in [2.45, 2.75) is 26.7 Å². The van der Waals surface area contributed by atoms with Gasteiger partial charge in [-0.2, -0.15) is 0 Å². The number of alkyl halides is 1. The minimum atomic E-state index is 1.04. The summed E-state index contributed by atoms with van der Waals surface area (Å²) in [5, 5.41) is 2.77. The number of nitrogens with zero attached hydrogens (tertiary/aromatic N) is 1. The Kier molecular flexibility index (Phi) is 6.20. The molecule has 0 fully saturated rings. The van der Waals surface area contributed by atoms with Crippen LogP contribution in [0.25, 0.3) is 44.1 Å². The van der Waals surface area contributed by atoms with Crippen LogP contribution in [0.2, 0.25) is 0 Å². The van der Waals surface area contributed by atoms with E-state index in [2.05, 4.69) is 138 Å². The molecule has 37 heavy (non-hydrogen) atoms. The van der Waals surface area contributed by atoms with Crippen molar-refractivity contribution in [1.29, 1.82) is 0 Å². The van der Waals surface area contributed by atoms with E-state index in [-0.39, 0.29) is 0 Å². The van der Waals surface area contributed by atoms with Crippen molar-refractivity contribution in [3.05, 3.63) is 119 Å². The second-order valence-electron chi connectivity index (χ2n) is 10.1. The first-order chi connectivity index (χ1) is 18.1. The zero-order valence-electron chi connectivity index (χ0n) is 21.8. The van der Waals surface area contributed by atoms with Gasteiger partial charge in [-0.25, -0.2) is 0 Å². The van der Waals surface area contributed by atoms with E-state index in [4.69, 9.17) is 0 Å². The van der Waals surface area contributed by atoms with Crippen LogP contribution >= 0.6 is 22.6 Å². The Balaban J connectivity index is 0.000000128. The normalized spacial score (nSPS) is 12.2. The van der Waals surface area contributed by atoms with Crippen LogP contribution in [0.5, 0.6) is 0 Å². The topological polar surface area (TPSA) is 20.7 Å². The van der Waals surface area contributed by atoms with Crippen molar-refractivity contribution in [2.75, 3.05) is 4.93 Å². The van der Waals surface area contributed by atoms with Gasteiger partial charge in [-0.05, 0) is 65.3 Å². The summed E-state index contributed by atoms with van der Waals surface area (Å²) < 4.78 is 2.35. The van der Waals surface area contributed by atoms with E-state index < -0.39 is 0 Å². The van der Waals surface area contributed by atoms with Gasteiger partial charge in [0.25, 0.3) is 0 Å². The second-order valence-corrected chi connectivity index (χ2v) is 10.1. The van der Waals surface area contributed by atoms with E-state index in [0.29, 0.717) is 0 Å². The first kappa shape index (κ1) is 24.1. The molecule has 6 aromatic rings. The number of H-pyrrole nitrogens is 1. The highest BCUT2D eigenvalue weighted by molar-refractivity contribution is 14.1. The van der Waals surface area contributed by atoms with Crippen molar-refractivity contribution in [2.24, 2.45) is 7.05 Å². The van der Waals surface area contributed by atoms with Crippen molar-refractivity contribution in [3.63, 3.8) is 0 Å². The van der Waals surface area contributed by atoms with Gasteiger partial charge in [-0.3, -0.25) is 0 Å². The number of hydrogen-bond acceptors (Lipinski definition) is 0. The standard InChI is InChI=1S/C17H15N.C16H13N.CH3I/c1-11-7-8-15-14(9-11)17-13-6-4-3-5-12(13)10-16(17)18(15)2;1-10-6-7-14-13(8-10)16-12-5-3-2-4-11(12)9-15(16)17-14;1-2/h3-9H,10H2,1-2H3;2-8,17H,9H2,1H3;1H3. The highest BCUT2D eigenvalue weighted by atomic mass is 127. The molecule has 2 aromatic heterocycles. The number of benzene rings is 4. The van der Waals surface area contributed by atoms with E-state index in [1.165, 1.54) is 77.7 Å². The van der Waals surface area contributed by atoms with Gasteiger partial charge in [0.2, 0.25) is 0 Å². The zero-order chi connectivity index (χ0) is 25.7. The van der Waals surface area contributed by atoms with E-state index >= 15 is 0 Å². The zero-order valence-corrected chi connectivity index (χ0v) is 24.0. The summed E-state index contributed by atoms with van der Waals surface area (Å²) in [6, 6.07) is 30.9. The first-order valence-electron chi connectivity index (χ1n) is 12.8. The van der Waals surface area contributed by atoms with E-state index in [1.54, 1.807) is 0 Å². The molecular weight excluding hydrogens is 563 g/mol. The third-order valence-electron chi connectivity index (χ3n) is 7.81. The molecule has 1 N–H and O–H groups in total. The van der Waals surface area contributed by atoms with Crippen molar-refractivity contribution in [3.8, 4) is 22.3 Å². The van der Waals surface area contributed by atoms with Gasteiger partial charge in [0.05, 0.1) is 0 Å². The maximum Gasteiger partial charge on any atom is 0.0486 e. The molecule has 8 rings (SSSR count). The van der Waals surface area contributed by atoms with Crippen LogP contribution in [-0.4, -0.2) is 14.5 Å². The summed E-state index contributed by atoms with van der Waals surface area (Å²) in [7, 11) is 2.18. The Morgan fingerprint density at radius 1 is 0.676 bits per heavy atom. The van der Waals surface area contributed by atoms with Gasteiger partial charge in [-0.1, -0.05) is 94.4 Å². The average Bonchev–Trinajstić information content (AvgIpc) is 3.64. The number of hydrogen-bond donors (Lipinski definition) is 1. The molecule has 0 radical (unpaired) electrons. The van der Waals surface area contributed by atoms with Gasteiger partial charge in [0.15, 0.2) is 0 Å². The lowest BCUT2D eigenvalue weighted by atomic mass is 10.0. The molecule has 2 aliphatic rings. The van der Waals surface area contributed by atoms with Crippen molar-refractivity contribution in [1.82, 2.24) is 9.55 Å². The number of nitrogens with one attached hydrogen (secondary N) is 1. The number of halogens is 1. The second kappa shape index (κ2) is 9.53. The van der Waals surface area contributed by atoms with E-state index in [9.17, 15) is 0 Å². The average molecular weight is 595 g/mol. The van der Waals surface area contributed by atoms with Crippen molar-refractivity contribution >= 4 is 44.4 Å². The lowest BCUT2D eigenvalue weighted by Gasteiger charge is -2.03. The summed E-state index contributed by atoms with van der Waals surface area (Å²) >= 11 is 2.15. The maximum atomic E-state index is 3.55. The fourth-order valence-corrected chi connectivity index (χ4v) is 6.13. The van der Waals surface area contributed by atoms with Gasteiger partial charge >= 0.3 is 0 Å². The van der Waals surface area contributed by atoms with Crippen LogP contribution in [0.1, 0.15) is 33.6 Å². The van der Waals surface area contributed by atoms with Crippen LogP contribution in [0.4, 0.5) is 0 Å². The van der Waals surface area contributed by atoms with Gasteiger partial charge < -0.3 is 9.55 Å². The molecule has 4 aromatic carbocycles. The third kappa shape index (κ3) is 3.91. The third-order valence-corrected chi connectivity index (χ3v) is 7.81. The first-order valence-corrected chi connectivity index (χ1v) is 15.0. The van der Waals surface area contributed by atoms with Crippen molar-refractivity contribution < 1.29 is 0 Å². The van der Waals surface area contributed by atoms with Crippen LogP contribution < -0.4 is 0 Å². The van der Waals surface area contributed by atoms with E-state index in [0.717, 1.165) is 12.8 Å². The van der Waals surface area contributed by atoms with Gasteiger partial charge in [0.1, 0.15) is 0 Å².